The molecule has 0 aliphatic carbocycles. The van der Waals surface area contributed by atoms with E-state index in [-0.39, 0.29) is 23.0 Å². The number of likely N-dealkylation sites (tertiary alicyclic amines) is 3. The van der Waals surface area contributed by atoms with Crippen molar-refractivity contribution in [2.45, 2.75) is 80.1 Å². The smallest absolute Gasteiger partial charge is 0.178 e. The summed E-state index contributed by atoms with van der Waals surface area (Å²) in [5.74, 6) is 0.0746. The molecule has 3 aliphatic heterocycles. The molecule has 0 spiro atoms. The van der Waals surface area contributed by atoms with Crippen molar-refractivity contribution in [3.63, 3.8) is 0 Å². The van der Waals surface area contributed by atoms with Gasteiger partial charge in [0, 0.05) is 78.8 Å². The zero-order chi connectivity index (χ0) is 48.6. The Bertz CT molecular complexity index is 2740. The molecule has 3 saturated heterocycles. The summed E-state index contributed by atoms with van der Waals surface area (Å²) in [7, 11) is 1.67. The van der Waals surface area contributed by atoms with Crippen LogP contribution in [0.5, 0.6) is 5.75 Å². The van der Waals surface area contributed by atoms with Crippen LogP contribution >= 0.6 is 15.9 Å². The fourth-order valence-electron chi connectivity index (χ4n) is 9.99. The third-order valence-corrected chi connectivity index (χ3v) is 14.0. The van der Waals surface area contributed by atoms with E-state index in [1.54, 1.807) is 24.7 Å². The summed E-state index contributed by atoms with van der Waals surface area (Å²) in [6.07, 6.45) is 7.10. The lowest BCUT2D eigenvalue weighted by atomic mass is 10.1. The van der Waals surface area contributed by atoms with Crippen LogP contribution in [0, 0.1) is 53.2 Å². The van der Waals surface area contributed by atoms with Crippen LogP contribution in [0.25, 0.3) is 17.1 Å². The van der Waals surface area contributed by atoms with Gasteiger partial charge in [-0.25, -0.2) is 8.78 Å². The number of methoxy groups -OCH3 is 1. The minimum atomic E-state index is -0.634. The van der Waals surface area contributed by atoms with Gasteiger partial charge in [-0.3, -0.25) is 29.1 Å². The summed E-state index contributed by atoms with van der Waals surface area (Å²) in [5.41, 5.74) is 10.3. The first-order valence-electron chi connectivity index (χ1n) is 23.8. The number of hydrogen-bond donors (Lipinski definition) is 0. The Kier molecular flexibility index (Phi) is 16.9. The van der Waals surface area contributed by atoms with Crippen molar-refractivity contribution in [2.24, 2.45) is 0 Å². The molecular formula is C55H65BrF2N6O4. The number of nitrogens with zero attached hydrogens (tertiary/aromatic N) is 6. The van der Waals surface area contributed by atoms with E-state index in [2.05, 4.69) is 58.8 Å². The first-order valence-corrected chi connectivity index (χ1v) is 24.6. The summed E-state index contributed by atoms with van der Waals surface area (Å²) in [4.78, 5) is 44.5. The molecule has 0 saturated carbocycles. The maximum absolute atomic E-state index is 14.1. The summed E-state index contributed by atoms with van der Waals surface area (Å²) < 4.78 is 39.5. The Morgan fingerprint density at radius 3 is 1.35 bits per heavy atom. The van der Waals surface area contributed by atoms with Crippen molar-refractivity contribution in [3.8, 4) is 22.8 Å². The summed E-state index contributed by atoms with van der Waals surface area (Å²) in [5, 5.41) is 0. The molecule has 0 radical (unpaired) electrons. The normalized spacial score (nSPS) is 15.3. The number of carbonyl (C=O) groups excluding carboxylic acids is 3. The highest BCUT2D eigenvalue weighted by Crippen LogP contribution is 2.27. The van der Waals surface area contributed by atoms with E-state index in [1.807, 2.05) is 76.2 Å². The van der Waals surface area contributed by atoms with Crippen molar-refractivity contribution in [1.29, 1.82) is 0 Å². The molecule has 0 unspecified atom stereocenters. The summed E-state index contributed by atoms with van der Waals surface area (Å²) in [6.45, 7) is 19.3. The molecule has 6 aromatic rings. The number of aryl methyl sites for hydroxylation is 3. The van der Waals surface area contributed by atoms with Gasteiger partial charge in [-0.05, 0) is 186 Å². The Balaban J connectivity index is 0.000000151. The fourth-order valence-corrected chi connectivity index (χ4v) is 10.3. The molecule has 9 rings (SSSR count). The van der Waals surface area contributed by atoms with Crippen LogP contribution in [-0.2, 0) is 0 Å². The highest BCUT2D eigenvalue weighted by molar-refractivity contribution is 9.10. The number of halogens is 3. The van der Waals surface area contributed by atoms with Crippen LogP contribution in [0.2, 0.25) is 0 Å². The summed E-state index contributed by atoms with van der Waals surface area (Å²) >= 11 is 3.46. The van der Waals surface area contributed by atoms with Gasteiger partial charge in [0.1, 0.15) is 17.4 Å². The number of aromatic nitrogens is 3. The van der Waals surface area contributed by atoms with Gasteiger partial charge in [-0.1, -0.05) is 22.0 Å². The monoisotopic (exact) mass is 990 g/mol. The van der Waals surface area contributed by atoms with E-state index < -0.39 is 11.6 Å². The number of Topliss-reactive ketones (excluding diaryl/α,β-unsaturated/α-hetero) is 3. The number of carbonyl (C=O) groups is 3. The number of ketones is 3. The first kappa shape index (κ1) is 50.4. The Morgan fingerprint density at radius 1 is 0.515 bits per heavy atom. The maximum atomic E-state index is 14.1. The largest absolute Gasteiger partial charge is 0.497 e. The lowest BCUT2D eigenvalue weighted by Crippen LogP contribution is -2.27. The molecule has 3 aromatic carbocycles. The number of benzene rings is 3. The second kappa shape index (κ2) is 22.8. The van der Waals surface area contributed by atoms with Gasteiger partial charge in [-0.15, -0.1) is 0 Å². The molecule has 0 atom stereocenters. The Labute approximate surface area is 408 Å². The zero-order valence-corrected chi connectivity index (χ0v) is 42.2. The predicted octanol–water partition coefficient (Wildman–Crippen LogP) is 11.2. The molecule has 68 heavy (non-hydrogen) atoms. The molecule has 360 valence electrons. The van der Waals surface area contributed by atoms with Crippen LogP contribution in [0.4, 0.5) is 8.78 Å². The van der Waals surface area contributed by atoms with Gasteiger partial charge in [0.05, 0.1) is 32.4 Å². The van der Waals surface area contributed by atoms with Crippen molar-refractivity contribution >= 4 is 33.3 Å². The SMILES string of the molecule is COc1cccc(-n2c(C)cc(C(=O)CN3CCCC3)c2C)c1.Cc1cc(C(=O)CN2CCCC2)c(C)n1-c1ccc(Br)cc1.Cc1cc(C(=O)CN2CCCC2)c(C)n1-c1ccc(F)cc1F. The average molecular weight is 992 g/mol. The second-order valence-electron chi connectivity index (χ2n) is 18.4. The minimum Gasteiger partial charge on any atom is -0.497 e. The van der Waals surface area contributed by atoms with Gasteiger partial charge >= 0.3 is 0 Å². The van der Waals surface area contributed by atoms with Crippen molar-refractivity contribution in [2.75, 3.05) is 66.0 Å². The van der Waals surface area contributed by atoms with Crippen LogP contribution in [0.1, 0.15) is 104 Å². The van der Waals surface area contributed by atoms with Crippen molar-refractivity contribution in [3.05, 3.63) is 152 Å². The number of rotatable bonds is 13. The van der Waals surface area contributed by atoms with Gasteiger partial charge in [0.15, 0.2) is 17.3 Å². The molecule has 13 heteroatoms. The van der Waals surface area contributed by atoms with Gasteiger partial charge in [0.2, 0.25) is 0 Å². The molecule has 10 nitrogen and oxygen atoms in total. The highest BCUT2D eigenvalue weighted by atomic mass is 79.9. The first-order chi connectivity index (χ1) is 32.6. The van der Waals surface area contributed by atoms with Gasteiger partial charge < -0.3 is 18.4 Å². The molecular weight excluding hydrogens is 927 g/mol. The molecule has 3 aromatic heterocycles. The highest BCUT2D eigenvalue weighted by Gasteiger charge is 2.24. The lowest BCUT2D eigenvalue weighted by molar-refractivity contribution is 0.0937. The van der Waals surface area contributed by atoms with Crippen molar-refractivity contribution < 1.29 is 27.9 Å². The fraction of sp³-hybridized carbons (Fsp3) is 0.400. The third kappa shape index (κ3) is 11.9. The van der Waals surface area contributed by atoms with E-state index in [1.165, 1.54) is 37.8 Å². The molecule has 3 fully saturated rings. The molecule has 6 heterocycles. The van der Waals surface area contributed by atoms with E-state index in [0.717, 1.165) is 119 Å². The average Bonchev–Trinajstić information content (AvgIpc) is 4.20. The summed E-state index contributed by atoms with van der Waals surface area (Å²) in [6, 6.07) is 25.4. The van der Waals surface area contributed by atoms with E-state index in [9.17, 15) is 23.2 Å². The lowest BCUT2D eigenvalue weighted by Gasteiger charge is -2.14. The van der Waals surface area contributed by atoms with Crippen LogP contribution in [-0.4, -0.2) is 112 Å². The second-order valence-corrected chi connectivity index (χ2v) is 19.3. The molecule has 3 aliphatic rings. The number of ether oxygens (including phenoxy) is 1. The standard InChI is InChI=1S/C19H24N2O2.C18H21BrN2O.C18H20F2N2O/c1-14-11-18(19(22)13-20-9-4-5-10-20)15(2)21(14)16-7-6-8-17(12-16)23-3;1-13-11-17(18(22)12-20-9-3-4-10-20)14(2)21(13)16-7-5-15(19)6-8-16;1-12-9-15(18(23)11-21-7-3-4-8-21)13(2)22(12)17-6-5-14(19)10-16(17)20/h6-8,11-12H,4-5,9-10,13H2,1-3H3;5-8,11H,3-4,9-10,12H2,1-2H3;5-6,9-10H,3-4,7-8,11H2,1-2H3. The van der Waals surface area contributed by atoms with Gasteiger partial charge in [-0.2, -0.15) is 0 Å². The molecule has 0 amide bonds. The van der Waals surface area contributed by atoms with Crippen LogP contribution in [0.3, 0.4) is 0 Å². The predicted molar refractivity (Wildman–Crippen MR) is 270 cm³/mol. The maximum Gasteiger partial charge on any atom is 0.178 e. The molecule has 0 bridgehead atoms. The van der Waals surface area contributed by atoms with E-state index in [0.29, 0.717) is 30.9 Å². The van der Waals surface area contributed by atoms with Crippen LogP contribution < -0.4 is 4.74 Å². The van der Waals surface area contributed by atoms with Gasteiger partial charge in [0.25, 0.3) is 0 Å². The third-order valence-electron chi connectivity index (χ3n) is 13.4. The topological polar surface area (TPSA) is 84.9 Å². The van der Waals surface area contributed by atoms with E-state index >= 15 is 0 Å². The minimum absolute atomic E-state index is 0.0498. The van der Waals surface area contributed by atoms with E-state index in [4.69, 9.17) is 4.74 Å². The van der Waals surface area contributed by atoms with Crippen LogP contribution in [0.15, 0.2) is 89.4 Å². The quantitative estimate of drug-likeness (QED) is 0.107. The van der Waals surface area contributed by atoms with Crippen molar-refractivity contribution in [1.82, 2.24) is 28.4 Å². The zero-order valence-electron chi connectivity index (χ0n) is 40.6. The Hall–Kier alpha value is -5.47. The molecule has 0 N–H and O–H groups in total. The Morgan fingerprint density at radius 2 is 0.926 bits per heavy atom. The number of hydrogen-bond acceptors (Lipinski definition) is 7.